The summed E-state index contributed by atoms with van der Waals surface area (Å²) in [5.74, 6) is 5.74. The van der Waals surface area contributed by atoms with Crippen molar-refractivity contribution in [3.8, 4) is 0 Å². The summed E-state index contributed by atoms with van der Waals surface area (Å²) in [5.41, 5.74) is 6.72. The molecule has 0 aliphatic heterocycles. The second kappa shape index (κ2) is 5.65. The first kappa shape index (κ1) is 13.3. The maximum atomic E-state index is 5.74. The Hall–Kier alpha value is -1.16. The van der Waals surface area contributed by atoms with Gasteiger partial charge in [-0.15, -0.1) is 11.3 Å². The minimum atomic E-state index is 0.0916. The van der Waals surface area contributed by atoms with Gasteiger partial charge >= 0.3 is 0 Å². The highest BCUT2D eigenvalue weighted by molar-refractivity contribution is 7.12. The molecule has 0 aliphatic rings. The zero-order valence-electron chi connectivity index (χ0n) is 11.2. The summed E-state index contributed by atoms with van der Waals surface area (Å²) in [5, 5.41) is 0. The molecule has 0 saturated heterocycles. The van der Waals surface area contributed by atoms with Crippen molar-refractivity contribution in [2.24, 2.45) is 5.84 Å². The van der Waals surface area contributed by atoms with Gasteiger partial charge in [-0.2, -0.15) is 0 Å². The van der Waals surface area contributed by atoms with E-state index in [0.29, 0.717) is 0 Å². The molecule has 2 rings (SSSR count). The Morgan fingerprint density at radius 3 is 2.33 bits per heavy atom. The van der Waals surface area contributed by atoms with Crippen molar-refractivity contribution in [2.75, 3.05) is 0 Å². The molecule has 1 unspecified atom stereocenters. The number of aryl methyl sites for hydroxylation is 3. The van der Waals surface area contributed by atoms with Crippen LogP contribution in [-0.4, -0.2) is 0 Å². The normalized spacial score (nSPS) is 12.7. The molecule has 0 radical (unpaired) electrons. The van der Waals surface area contributed by atoms with E-state index in [9.17, 15) is 0 Å². The highest BCUT2D eigenvalue weighted by Gasteiger charge is 2.15. The van der Waals surface area contributed by atoms with Gasteiger partial charge in [0.1, 0.15) is 0 Å². The van der Waals surface area contributed by atoms with Gasteiger partial charge in [-0.25, -0.2) is 5.43 Å². The Labute approximate surface area is 113 Å². The Morgan fingerprint density at radius 2 is 1.83 bits per heavy atom. The lowest BCUT2D eigenvalue weighted by Crippen LogP contribution is -2.28. The average molecular weight is 260 g/mol. The van der Waals surface area contributed by atoms with Crippen molar-refractivity contribution in [3.05, 3.63) is 56.8 Å². The van der Waals surface area contributed by atoms with Gasteiger partial charge < -0.3 is 0 Å². The third kappa shape index (κ3) is 2.80. The van der Waals surface area contributed by atoms with Crippen LogP contribution in [0.25, 0.3) is 0 Å². The lowest BCUT2D eigenvalue weighted by molar-refractivity contribution is 0.645. The summed E-state index contributed by atoms with van der Waals surface area (Å²) in [6, 6.07) is 11.0. The second-order valence-electron chi connectivity index (χ2n) is 4.68. The van der Waals surface area contributed by atoms with Crippen LogP contribution in [0.1, 0.15) is 39.4 Å². The smallest absolute Gasteiger partial charge is 0.0802 e. The zero-order chi connectivity index (χ0) is 13.1. The fourth-order valence-corrected chi connectivity index (χ4v) is 3.30. The molecule has 3 heteroatoms. The number of nitrogens with two attached hydrogens (primary N) is 1. The summed E-state index contributed by atoms with van der Waals surface area (Å²) in [7, 11) is 0. The molecule has 3 N–H and O–H groups in total. The minimum Gasteiger partial charge on any atom is -0.271 e. The Bertz CT molecular complexity index is 511. The van der Waals surface area contributed by atoms with Crippen molar-refractivity contribution in [3.63, 3.8) is 0 Å². The maximum absolute atomic E-state index is 5.74. The molecule has 0 spiro atoms. The molecule has 1 atom stereocenters. The van der Waals surface area contributed by atoms with Crippen molar-refractivity contribution in [1.29, 1.82) is 0 Å². The van der Waals surface area contributed by atoms with Gasteiger partial charge in [0.25, 0.3) is 0 Å². The van der Waals surface area contributed by atoms with Crippen LogP contribution in [0.5, 0.6) is 0 Å². The summed E-state index contributed by atoms with van der Waals surface area (Å²) in [4.78, 5) is 2.67. The number of thiophene rings is 1. The maximum Gasteiger partial charge on any atom is 0.0802 e. The van der Waals surface area contributed by atoms with E-state index in [1.165, 1.54) is 26.4 Å². The van der Waals surface area contributed by atoms with E-state index < -0.39 is 0 Å². The fourth-order valence-electron chi connectivity index (χ4n) is 2.26. The fraction of sp³-hybridized carbons (Fsp3) is 0.333. The molecule has 1 aromatic carbocycles. The van der Waals surface area contributed by atoms with Gasteiger partial charge in [-0.1, -0.05) is 36.2 Å². The van der Waals surface area contributed by atoms with E-state index in [4.69, 9.17) is 5.84 Å². The molecular weight excluding hydrogens is 240 g/mol. The summed E-state index contributed by atoms with van der Waals surface area (Å²) >= 11 is 1.83. The summed E-state index contributed by atoms with van der Waals surface area (Å²) in [6.45, 7) is 6.42. The van der Waals surface area contributed by atoms with Crippen LogP contribution in [0.15, 0.2) is 30.3 Å². The first-order valence-electron chi connectivity index (χ1n) is 6.27. The van der Waals surface area contributed by atoms with Crippen LogP contribution >= 0.6 is 11.3 Å². The highest BCUT2D eigenvalue weighted by Crippen LogP contribution is 2.29. The van der Waals surface area contributed by atoms with Crippen LogP contribution in [-0.2, 0) is 6.42 Å². The van der Waals surface area contributed by atoms with Crippen molar-refractivity contribution >= 4 is 11.3 Å². The lowest BCUT2D eigenvalue weighted by Gasteiger charge is -2.16. The predicted molar refractivity (Wildman–Crippen MR) is 78.8 cm³/mol. The number of hydrazine groups is 1. The van der Waals surface area contributed by atoms with Crippen molar-refractivity contribution in [1.82, 2.24) is 5.43 Å². The lowest BCUT2D eigenvalue weighted by atomic mass is 10.0. The van der Waals surface area contributed by atoms with E-state index in [-0.39, 0.29) is 6.04 Å². The quantitative estimate of drug-likeness (QED) is 0.652. The van der Waals surface area contributed by atoms with Crippen LogP contribution in [0.2, 0.25) is 0 Å². The number of rotatable bonds is 4. The van der Waals surface area contributed by atoms with E-state index in [1.54, 1.807) is 0 Å². The second-order valence-corrected chi connectivity index (χ2v) is 5.88. The summed E-state index contributed by atoms with van der Waals surface area (Å²) < 4.78 is 0. The molecule has 0 bridgehead atoms. The van der Waals surface area contributed by atoms with Crippen LogP contribution in [0, 0.1) is 13.8 Å². The highest BCUT2D eigenvalue weighted by atomic mass is 32.1. The van der Waals surface area contributed by atoms with Gasteiger partial charge in [0.15, 0.2) is 0 Å². The third-order valence-corrected chi connectivity index (χ3v) is 4.35. The predicted octanol–water partition coefficient (Wildman–Crippen LogP) is 3.48. The van der Waals surface area contributed by atoms with Crippen molar-refractivity contribution < 1.29 is 0 Å². The van der Waals surface area contributed by atoms with Gasteiger partial charge in [-0.05, 0) is 38.0 Å². The van der Waals surface area contributed by atoms with Gasteiger partial charge in [0.2, 0.25) is 0 Å². The third-order valence-electron chi connectivity index (χ3n) is 3.06. The number of hydrogen-bond acceptors (Lipinski definition) is 3. The Morgan fingerprint density at radius 1 is 1.17 bits per heavy atom. The van der Waals surface area contributed by atoms with Gasteiger partial charge in [0.05, 0.1) is 6.04 Å². The molecule has 0 aliphatic carbocycles. The van der Waals surface area contributed by atoms with E-state index in [2.05, 4.69) is 56.5 Å². The molecule has 0 amide bonds. The monoisotopic (exact) mass is 260 g/mol. The van der Waals surface area contributed by atoms with Crippen LogP contribution in [0.3, 0.4) is 0 Å². The largest absolute Gasteiger partial charge is 0.271 e. The summed E-state index contributed by atoms with van der Waals surface area (Å²) in [6.07, 6.45) is 1.08. The van der Waals surface area contributed by atoms with Gasteiger partial charge in [0, 0.05) is 9.75 Å². The molecular formula is C15H20N2S. The van der Waals surface area contributed by atoms with Crippen molar-refractivity contribution in [2.45, 2.75) is 33.2 Å². The first-order valence-corrected chi connectivity index (χ1v) is 7.08. The molecule has 18 heavy (non-hydrogen) atoms. The van der Waals surface area contributed by atoms with Crippen LogP contribution < -0.4 is 11.3 Å². The number of hydrogen-bond donors (Lipinski definition) is 2. The first-order chi connectivity index (χ1) is 8.63. The molecule has 96 valence electrons. The topological polar surface area (TPSA) is 38.0 Å². The standard InChI is InChI=1S/C15H20N2S/c1-4-13-5-6-14(18-13)15(17-16)12-8-10(2)7-11(3)9-12/h5-9,15,17H,4,16H2,1-3H3. The molecule has 1 heterocycles. The number of nitrogens with one attached hydrogen (secondary N) is 1. The molecule has 0 fully saturated rings. The molecule has 1 aromatic heterocycles. The Balaban J connectivity index is 2.38. The molecule has 2 aromatic rings. The zero-order valence-corrected chi connectivity index (χ0v) is 12.0. The SMILES string of the molecule is CCc1ccc(C(NN)c2cc(C)cc(C)c2)s1. The minimum absolute atomic E-state index is 0.0916. The van der Waals surface area contributed by atoms with E-state index in [0.717, 1.165) is 6.42 Å². The average Bonchev–Trinajstić information content (AvgIpc) is 2.77. The van der Waals surface area contributed by atoms with E-state index >= 15 is 0 Å². The van der Waals surface area contributed by atoms with E-state index in [1.807, 2.05) is 11.3 Å². The van der Waals surface area contributed by atoms with Crippen LogP contribution in [0.4, 0.5) is 0 Å². The van der Waals surface area contributed by atoms with Gasteiger partial charge in [-0.3, -0.25) is 5.84 Å². The molecule has 0 saturated carbocycles. The Kier molecular flexibility index (Phi) is 4.17. The molecule has 2 nitrogen and oxygen atoms in total. The number of benzene rings is 1.